The predicted molar refractivity (Wildman–Crippen MR) is 65.4 cm³/mol. The average molecular weight is 229 g/mol. The molecule has 0 radical (unpaired) electrons. The van der Waals surface area contributed by atoms with Crippen molar-refractivity contribution in [3.8, 4) is 6.07 Å². The Morgan fingerprint density at radius 2 is 2.35 bits per heavy atom. The minimum absolute atomic E-state index is 0.0939. The number of nitriles is 1. The van der Waals surface area contributed by atoms with Crippen molar-refractivity contribution < 1.29 is 4.79 Å². The Hall–Kier alpha value is -2.02. The lowest BCUT2D eigenvalue weighted by atomic mass is 10.1. The number of carbonyl (C=O) groups excluding carboxylic acids is 1. The first kappa shape index (κ1) is 11.5. The van der Waals surface area contributed by atoms with E-state index in [-0.39, 0.29) is 11.9 Å². The van der Waals surface area contributed by atoms with E-state index in [1.807, 2.05) is 18.2 Å². The van der Waals surface area contributed by atoms with E-state index in [9.17, 15) is 4.79 Å². The van der Waals surface area contributed by atoms with Gasteiger partial charge in [0.15, 0.2) is 0 Å². The molecule has 1 unspecified atom stereocenters. The van der Waals surface area contributed by atoms with Crippen molar-refractivity contribution in [1.82, 2.24) is 5.32 Å². The highest BCUT2D eigenvalue weighted by molar-refractivity contribution is 5.77. The zero-order valence-electron chi connectivity index (χ0n) is 9.57. The lowest BCUT2D eigenvalue weighted by molar-refractivity contribution is -0.120. The van der Waals surface area contributed by atoms with E-state index < -0.39 is 0 Å². The minimum atomic E-state index is 0.0939. The molecule has 1 aromatic rings. The molecule has 1 fully saturated rings. The summed E-state index contributed by atoms with van der Waals surface area (Å²) in [6.07, 6.45) is 2.45. The summed E-state index contributed by atoms with van der Waals surface area (Å²) in [5.74, 6) is 0.0939. The number of rotatable bonds is 2. The smallest absolute Gasteiger partial charge is 0.222 e. The Balaban J connectivity index is 2.04. The largest absolute Gasteiger partial charge is 0.382 e. The van der Waals surface area contributed by atoms with Crippen LogP contribution in [0.4, 0.5) is 5.69 Å². The third-order valence-corrected chi connectivity index (χ3v) is 2.85. The van der Waals surface area contributed by atoms with Crippen LogP contribution in [-0.2, 0) is 4.79 Å². The first-order valence-corrected chi connectivity index (χ1v) is 5.81. The Labute approximate surface area is 101 Å². The summed E-state index contributed by atoms with van der Waals surface area (Å²) in [6, 6.07) is 9.61. The second-order valence-corrected chi connectivity index (χ2v) is 4.23. The van der Waals surface area contributed by atoms with Gasteiger partial charge in [-0.3, -0.25) is 4.79 Å². The molecule has 1 heterocycles. The number of hydrogen-bond acceptors (Lipinski definition) is 3. The third-order valence-electron chi connectivity index (χ3n) is 2.85. The third kappa shape index (κ3) is 3.22. The summed E-state index contributed by atoms with van der Waals surface area (Å²) in [6.45, 7) is 0.759. The molecule has 1 atom stereocenters. The van der Waals surface area contributed by atoms with Crippen LogP contribution in [0.5, 0.6) is 0 Å². The Morgan fingerprint density at radius 1 is 1.47 bits per heavy atom. The Morgan fingerprint density at radius 3 is 3.18 bits per heavy atom. The molecule has 17 heavy (non-hydrogen) atoms. The van der Waals surface area contributed by atoms with E-state index >= 15 is 0 Å². The second-order valence-electron chi connectivity index (χ2n) is 4.23. The van der Waals surface area contributed by atoms with Crippen LogP contribution in [0, 0.1) is 11.3 Å². The molecular weight excluding hydrogens is 214 g/mol. The van der Waals surface area contributed by atoms with Gasteiger partial charge in [0.05, 0.1) is 11.6 Å². The zero-order valence-corrected chi connectivity index (χ0v) is 9.57. The molecule has 1 aliphatic heterocycles. The van der Waals surface area contributed by atoms with Gasteiger partial charge in [0.25, 0.3) is 0 Å². The highest BCUT2D eigenvalue weighted by Gasteiger charge is 2.16. The lowest BCUT2D eigenvalue weighted by Gasteiger charge is -2.16. The van der Waals surface area contributed by atoms with Crippen molar-refractivity contribution in [3.05, 3.63) is 29.8 Å². The zero-order chi connectivity index (χ0) is 12.1. The van der Waals surface area contributed by atoms with Gasteiger partial charge >= 0.3 is 0 Å². The van der Waals surface area contributed by atoms with Crippen molar-refractivity contribution in [2.45, 2.75) is 25.3 Å². The minimum Gasteiger partial charge on any atom is -0.382 e. The molecule has 1 amide bonds. The van der Waals surface area contributed by atoms with Gasteiger partial charge in [0, 0.05) is 24.7 Å². The van der Waals surface area contributed by atoms with Crippen molar-refractivity contribution in [2.24, 2.45) is 0 Å². The molecule has 0 bridgehead atoms. The van der Waals surface area contributed by atoms with E-state index in [1.54, 1.807) is 6.07 Å². The van der Waals surface area contributed by atoms with Gasteiger partial charge in [-0.2, -0.15) is 5.26 Å². The van der Waals surface area contributed by atoms with Gasteiger partial charge in [-0.25, -0.2) is 0 Å². The lowest BCUT2D eigenvalue weighted by Crippen LogP contribution is -2.26. The van der Waals surface area contributed by atoms with Gasteiger partial charge < -0.3 is 10.6 Å². The van der Waals surface area contributed by atoms with Crippen molar-refractivity contribution in [2.75, 3.05) is 11.9 Å². The van der Waals surface area contributed by atoms with E-state index in [2.05, 4.69) is 16.7 Å². The molecule has 0 aromatic heterocycles. The number of benzene rings is 1. The van der Waals surface area contributed by atoms with Crippen molar-refractivity contribution >= 4 is 11.6 Å². The maximum Gasteiger partial charge on any atom is 0.222 e. The maximum atomic E-state index is 11.4. The van der Waals surface area contributed by atoms with Gasteiger partial charge in [-0.15, -0.1) is 0 Å². The summed E-state index contributed by atoms with van der Waals surface area (Å²) in [7, 11) is 0. The van der Waals surface area contributed by atoms with E-state index in [1.165, 1.54) is 0 Å². The maximum absolute atomic E-state index is 11.4. The van der Waals surface area contributed by atoms with E-state index in [0.29, 0.717) is 12.0 Å². The number of anilines is 1. The van der Waals surface area contributed by atoms with E-state index in [0.717, 1.165) is 25.1 Å². The molecule has 4 heteroatoms. The normalized spacial score (nSPS) is 19.9. The number of hydrogen-bond donors (Lipinski definition) is 2. The van der Waals surface area contributed by atoms with Crippen LogP contribution in [0.1, 0.15) is 24.8 Å². The molecule has 1 saturated heterocycles. The van der Waals surface area contributed by atoms with Crippen LogP contribution in [0.3, 0.4) is 0 Å². The Kier molecular flexibility index (Phi) is 3.61. The number of nitrogens with zero attached hydrogens (tertiary/aromatic N) is 1. The summed E-state index contributed by atoms with van der Waals surface area (Å²) in [4.78, 5) is 11.4. The highest BCUT2D eigenvalue weighted by Crippen LogP contribution is 2.15. The number of carbonyl (C=O) groups is 1. The van der Waals surface area contributed by atoms with Gasteiger partial charge in [-0.05, 0) is 31.0 Å². The molecule has 0 spiro atoms. The fourth-order valence-corrected chi connectivity index (χ4v) is 2.01. The second kappa shape index (κ2) is 5.35. The first-order valence-electron chi connectivity index (χ1n) is 5.81. The standard InChI is InChI=1S/C13H15N3O/c14-9-10-3-1-4-11(7-10)16-12-5-2-6-15-13(17)8-12/h1,3-4,7,12,16H,2,5-6,8H2,(H,15,17). The summed E-state index contributed by atoms with van der Waals surface area (Å²) >= 11 is 0. The predicted octanol–water partition coefficient (Wildman–Crippen LogP) is 1.64. The molecule has 1 aliphatic rings. The van der Waals surface area contributed by atoms with Crippen LogP contribution >= 0.6 is 0 Å². The van der Waals surface area contributed by atoms with Crippen molar-refractivity contribution in [1.29, 1.82) is 5.26 Å². The van der Waals surface area contributed by atoms with Crippen molar-refractivity contribution in [3.63, 3.8) is 0 Å². The number of amides is 1. The van der Waals surface area contributed by atoms with Crippen LogP contribution in [0.15, 0.2) is 24.3 Å². The monoisotopic (exact) mass is 229 g/mol. The molecular formula is C13H15N3O. The first-order chi connectivity index (χ1) is 8.28. The van der Waals surface area contributed by atoms with E-state index in [4.69, 9.17) is 5.26 Å². The molecule has 4 nitrogen and oxygen atoms in total. The quantitative estimate of drug-likeness (QED) is 0.810. The summed E-state index contributed by atoms with van der Waals surface area (Å²) in [5, 5.41) is 15.0. The van der Waals surface area contributed by atoms with Gasteiger partial charge in [0.1, 0.15) is 0 Å². The van der Waals surface area contributed by atoms with Gasteiger partial charge in [-0.1, -0.05) is 6.07 Å². The van der Waals surface area contributed by atoms with Crippen LogP contribution in [0.2, 0.25) is 0 Å². The summed E-state index contributed by atoms with van der Waals surface area (Å²) < 4.78 is 0. The average Bonchev–Trinajstić information content (AvgIpc) is 2.54. The van der Waals surface area contributed by atoms with Crippen LogP contribution in [-0.4, -0.2) is 18.5 Å². The molecule has 2 rings (SSSR count). The fourth-order valence-electron chi connectivity index (χ4n) is 2.01. The molecule has 2 N–H and O–H groups in total. The Bertz CT molecular complexity index is 450. The number of nitrogens with one attached hydrogen (secondary N) is 2. The summed E-state index contributed by atoms with van der Waals surface area (Å²) in [5.41, 5.74) is 1.54. The molecule has 1 aromatic carbocycles. The topological polar surface area (TPSA) is 64.9 Å². The molecule has 88 valence electrons. The highest BCUT2D eigenvalue weighted by atomic mass is 16.1. The van der Waals surface area contributed by atoms with Gasteiger partial charge in [0.2, 0.25) is 5.91 Å². The SMILES string of the molecule is N#Cc1cccc(NC2CCCNC(=O)C2)c1. The van der Waals surface area contributed by atoms with Crippen LogP contribution in [0.25, 0.3) is 0 Å². The van der Waals surface area contributed by atoms with Crippen LogP contribution < -0.4 is 10.6 Å². The molecule has 0 saturated carbocycles. The molecule has 0 aliphatic carbocycles. The fraction of sp³-hybridized carbons (Fsp3) is 0.385.